The summed E-state index contributed by atoms with van der Waals surface area (Å²) in [7, 11) is 0. The third-order valence-electron chi connectivity index (χ3n) is 2.86. The highest BCUT2D eigenvalue weighted by Crippen LogP contribution is 2.25. The molecule has 1 atom stereocenters. The van der Waals surface area contributed by atoms with Crippen LogP contribution in [-0.4, -0.2) is 51.6 Å². The van der Waals surface area contributed by atoms with Crippen molar-refractivity contribution in [2.75, 3.05) is 18.4 Å². The van der Waals surface area contributed by atoms with Crippen LogP contribution in [0.1, 0.15) is 18.2 Å². The van der Waals surface area contributed by atoms with Gasteiger partial charge < -0.3 is 9.11 Å². The second-order valence-electron chi connectivity index (χ2n) is 4.30. The maximum absolute atomic E-state index is 13.6. The van der Waals surface area contributed by atoms with Gasteiger partial charge in [0, 0.05) is 32.7 Å². The smallest absolute Gasteiger partial charge is 0.410 e. The molecule has 0 bridgehead atoms. The van der Waals surface area contributed by atoms with Crippen molar-refractivity contribution in [1.29, 1.82) is 0 Å². The Morgan fingerprint density at radius 1 is 1.78 bits per heavy atom. The van der Waals surface area contributed by atoms with Gasteiger partial charge in [0.15, 0.2) is 5.13 Å². The minimum Gasteiger partial charge on any atom is -0.503 e. The number of nitrogens with zero attached hydrogens (tertiary/aromatic N) is 2. The summed E-state index contributed by atoms with van der Waals surface area (Å²) < 4.78 is 19.0. The second kappa shape index (κ2) is 6.08. The predicted octanol–water partition coefficient (Wildman–Crippen LogP) is 0.380. The van der Waals surface area contributed by atoms with Crippen molar-refractivity contribution in [1.82, 2.24) is 9.88 Å². The van der Waals surface area contributed by atoms with Gasteiger partial charge in [-0.05, 0) is 6.42 Å². The van der Waals surface area contributed by atoms with Crippen LogP contribution in [0.2, 0.25) is 0 Å². The van der Waals surface area contributed by atoms with Crippen molar-refractivity contribution in [2.24, 2.45) is 0 Å². The lowest BCUT2D eigenvalue weighted by Crippen LogP contribution is -2.22. The molecule has 0 aromatic carbocycles. The lowest BCUT2D eigenvalue weighted by atomic mass is 10.3. The van der Waals surface area contributed by atoms with Gasteiger partial charge in [0.2, 0.25) is 11.9 Å². The van der Waals surface area contributed by atoms with E-state index in [9.17, 15) is 9.18 Å². The SMILES string of the molecule is CC(=O)Nc1nc(F)c(CN2CCC([O][AlH2])C2)s1. The summed E-state index contributed by atoms with van der Waals surface area (Å²) in [6.45, 7) is 3.67. The number of rotatable bonds is 4. The predicted molar refractivity (Wildman–Crippen MR) is 69.7 cm³/mol. The van der Waals surface area contributed by atoms with Crippen LogP contribution in [0, 0.1) is 5.95 Å². The molecule has 2 rings (SSSR count). The standard InChI is InChI=1S/C10H13FN3O2S.Al.2H/c1-6(15)12-10-13-9(11)8(17-10)5-14-3-2-7(16)4-14;;;/h7H,2-5H2,1H3,(H,12,13,15);;;/q-1;+1;;. The molecule has 1 fully saturated rings. The highest BCUT2D eigenvalue weighted by Gasteiger charge is 2.23. The zero-order chi connectivity index (χ0) is 13.1. The number of anilines is 1. The van der Waals surface area contributed by atoms with E-state index in [0.29, 0.717) is 22.7 Å². The number of hydrogen-bond acceptors (Lipinski definition) is 5. The number of amides is 1. The van der Waals surface area contributed by atoms with Crippen LogP contribution in [0.5, 0.6) is 0 Å². The van der Waals surface area contributed by atoms with E-state index in [2.05, 4.69) is 15.2 Å². The van der Waals surface area contributed by atoms with Crippen LogP contribution < -0.4 is 5.32 Å². The molecule has 0 aliphatic carbocycles. The Balaban J connectivity index is 1.97. The minimum absolute atomic E-state index is 0.235. The first-order valence-corrected chi connectivity index (χ1v) is 7.39. The van der Waals surface area contributed by atoms with E-state index in [1.165, 1.54) is 18.3 Å². The van der Waals surface area contributed by atoms with E-state index in [-0.39, 0.29) is 5.91 Å². The molecule has 0 spiro atoms. The van der Waals surface area contributed by atoms with Crippen LogP contribution in [0.25, 0.3) is 0 Å². The molecule has 1 amide bonds. The number of likely N-dealkylation sites (tertiary alicyclic amines) is 1. The van der Waals surface area contributed by atoms with Gasteiger partial charge >= 0.3 is 16.6 Å². The van der Waals surface area contributed by atoms with E-state index in [1.54, 1.807) is 0 Å². The number of nitrogens with one attached hydrogen (secondary N) is 1. The largest absolute Gasteiger partial charge is 0.503 e. The van der Waals surface area contributed by atoms with Gasteiger partial charge in [0.05, 0.1) is 4.88 Å². The van der Waals surface area contributed by atoms with Gasteiger partial charge in [-0.1, -0.05) is 11.3 Å². The molecule has 1 N–H and O–H groups in total. The normalized spacial score (nSPS) is 20.2. The summed E-state index contributed by atoms with van der Waals surface area (Å²) in [5, 5.41) is 2.83. The molecule has 8 heteroatoms. The number of aromatic nitrogens is 1. The fourth-order valence-electron chi connectivity index (χ4n) is 1.97. The van der Waals surface area contributed by atoms with Crippen molar-refractivity contribution in [3.05, 3.63) is 10.8 Å². The second-order valence-corrected chi connectivity index (χ2v) is 5.85. The van der Waals surface area contributed by atoms with Crippen LogP contribution in [-0.2, 0) is 15.1 Å². The number of hydrogen-bond donors (Lipinski definition) is 1. The van der Waals surface area contributed by atoms with Crippen molar-refractivity contribution < 1.29 is 13.0 Å². The molecular weight excluding hydrogens is 272 g/mol. The third-order valence-corrected chi connectivity index (χ3v) is 4.46. The molecule has 1 aliphatic heterocycles. The topological polar surface area (TPSA) is 54.5 Å². The van der Waals surface area contributed by atoms with E-state index in [4.69, 9.17) is 3.79 Å². The Morgan fingerprint density at radius 2 is 2.56 bits per heavy atom. The lowest BCUT2D eigenvalue weighted by Gasteiger charge is -2.14. The number of thiazole rings is 1. The summed E-state index contributed by atoms with van der Waals surface area (Å²) in [6, 6.07) is 0. The van der Waals surface area contributed by atoms with Gasteiger partial charge in [-0.3, -0.25) is 9.69 Å². The maximum Gasteiger partial charge on any atom is 0.410 e. The molecule has 1 saturated heterocycles. The van der Waals surface area contributed by atoms with E-state index in [1.807, 2.05) is 0 Å². The van der Waals surface area contributed by atoms with Crippen LogP contribution in [0.15, 0.2) is 0 Å². The maximum atomic E-state index is 13.6. The van der Waals surface area contributed by atoms with Crippen molar-refractivity contribution in [3.63, 3.8) is 0 Å². The molecular formula is C10H15AlFN3O2S. The Kier molecular flexibility index (Phi) is 4.70. The van der Waals surface area contributed by atoms with Crippen LogP contribution in [0.3, 0.4) is 0 Å². The lowest BCUT2D eigenvalue weighted by molar-refractivity contribution is -0.114. The van der Waals surface area contributed by atoms with Gasteiger partial charge in [-0.2, -0.15) is 9.37 Å². The third kappa shape index (κ3) is 3.49. The highest BCUT2D eigenvalue weighted by atomic mass is 32.1. The van der Waals surface area contributed by atoms with Crippen LogP contribution >= 0.6 is 11.3 Å². The van der Waals surface area contributed by atoms with E-state index < -0.39 is 5.95 Å². The first kappa shape index (κ1) is 13.9. The molecule has 98 valence electrons. The Morgan fingerprint density at radius 3 is 3.17 bits per heavy atom. The quantitative estimate of drug-likeness (QED) is 0.814. The fourth-order valence-corrected chi connectivity index (χ4v) is 3.29. The Labute approximate surface area is 117 Å². The minimum atomic E-state index is -0.487. The first-order chi connectivity index (χ1) is 8.58. The van der Waals surface area contributed by atoms with Crippen LogP contribution in [0.4, 0.5) is 9.52 Å². The number of carbonyl (C=O) groups excluding carboxylic acids is 1. The summed E-state index contributed by atoms with van der Waals surface area (Å²) in [5.41, 5.74) is 0. The summed E-state index contributed by atoms with van der Waals surface area (Å²) >= 11 is 1.93. The summed E-state index contributed by atoms with van der Waals surface area (Å²) in [4.78, 5) is 17.3. The molecule has 1 unspecified atom stereocenters. The fraction of sp³-hybridized carbons (Fsp3) is 0.600. The zero-order valence-corrected chi connectivity index (χ0v) is 13.2. The molecule has 2 heterocycles. The summed E-state index contributed by atoms with van der Waals surface area (Å²) in [5.74, 6) is -0.722. The molecule has 0 saturated carbocycles. The number of carbonyl (C=O) groups is 1. The number of halogens is 1. The highest BCUT2D eigenvalue weighted by molar-refractivity contribution is 7.15. The van der Waals surface area contributed by atoms with E-state index >= 15 is 0 Å². The van der Waals surface area contributed by atoms with Gasteiger partial charge in [0.1, 0.15) is 0 Å². The average molecular weight is 287 g/mol. The molecule has 0 radical (unpaired) electrons. The van der Waals surface area contributed by atoms with Crippen molar-refractivity contribution >= 4 is 39.0 Å². The monoisotopic (exact) mass is 287 g/mol. The molecule has 18 heavy (non-hydrogen) atoms. The zero-order valence-electron chi connectivity index (χ0n) is 10.4. The molecule has 1 aromatic rings. The van der Waals surface area contributed by atoms with Gasteiger partial charge in [-0.15, -0.1) is 0 Å². The van der Waals surface area contributed by atoms with Crippen molar-refractivity contribution in [2.45, 2.75) is 26.0 Å². The average Bonchev–Trinajstić information content (AvgIpc) is 2.86. The van der Waals surface area contributed by atoms with Crippen molar-refractivity contribution in [3.8, 4) is 0 Å². The van der Waals surface area contributed by atoms with E-state index in [0.717, 1.165) is 36.1 Å². The first-order valence-electron chi connectivity index (χ1n) is 5.76. The van der Waals surface area contributed by atoms with Gasteiger partial charge in [0.25, 0.3) is 0 Å². The summed E-state index contributed by atoms with van der Waals surface area (Å²) in [6.07, 6.45) is 1.30. The Bertz CT molecular complexity index is 443. The molecule has 1 aliphatic rings. The van der Waals surface area contributed by atoms with Gasteiger partial charge in [-0.25, -0.2) is 0 Å². The Hall–Kier alpha value is -0.518. The molecule has 1 aromatic heterocycles. The molecule has 5 nitrogen and oxygen atoms in total.